The fraction of sp³-hybridized carbons (Fsp3) is 0.0526. The summed E-state index contributed by atoms with van der Waals surface area (Å²) < 4.78 is 0. The number of carbonyl (C=O) groups is 1. The highest BCUT2D eigenvalue weighted by atomic mass is 32.1. The molecule has 0 atom stereocenters. The van der Waals surface area contributed by atoms with E-state index in [1.54, 1.807) is 24.3 Å². The smallest absolute Gasteiger partial charge is 0.205 e. The Morgan fingerprint density at radius 2 is 1.79 bits per heavy atom. The van der Waals surface area contributed by atoms with Crippen LogP contribution >= 0.6 is 11.3 Å². The zero-order valence-corrected chi connectivity index (χ0v) is 13.9. The summed E-state index contributed by atoms with van der Waals surface area (Å²) in [7, 11) is 0. The van der Waals surface area contributed by atoms with E-state index in [1.165, 1.54) is 11.3 Å². The monoisotopic (exact) mass is 333 g/mol. The lowest BCUT2D eigenvalue weighted by Gasteiger charge is -2.04. The molecule has 3 N–H and O–H groups in total. The van der Waals surface area contributed by atoms with Crippen molar-refractivity contribution in [1.82, 2.24) is 0 Å². The molecular formula is C19H15N3OS. The highest BCUT2D eigenvalue weighted by molar-refractivity contribution is 7.19. The van der Waals surface area contributed by atoms with E-state index >= 15 is 0 Å². The van der Waals surface area contributed by atoms with Crippen molar-refractivity contribution in [2.75, 3.05) is 11.1 Å². The molecule has 1 aromatic heterocycles. The summed E-state index contributed by atoms with van der Waals surface area (Å²) in [5.74, 6) is -0.174. The van der Waals surface area contributed by atoms with Gasteiger partial charge in [0.2, 0.25) is 5.78 Å². The van der Waals surface area contributed by atoms with E-state index in [1.807, 2.05) is 37.3 Å². The van der Waals surface area contributed by atoms with Crippen LogP contribution in [0.1, 0.15) is 26.4 Å². The summed E-state index contributed by atoms with van der Waals surface area (Å²) in [5.41, 5.74) is 9.13. The third-order valence-corrected chi connectivity index (χ3v) is 4.73. The third kappa shape index (κ3) is 3.00. The second-order valence-corrected chi connectivity index (χ2v) is 6.37. The van der Waals surface area contributed by atoms with Gasteiger partial charge >= 0.3 is 0 Å². The van der Waals surface area contributed by atoms with Gasteiger partial charge in [-0.1, -0.05) is 48.0 Å². The number of anilines is 3. The molecule has 3 rings (SSSR count). The van der Waals surface area contributed by atoms with Crippen molar-refractivity contribution >= 4 is 33.5 Å². The maximum Gasteiger partial charge on any atom is 0.205 e. The molecule has 118 valence electrons. The van der Waals surface area contributed by atoms with Crippen molar-refractivity contribution < 1.29 is 4.79 Å². The Morgan fingerprint density at radius 3 is 2.42 bits per heavy atom. The molecule has 2 aromatic carbocycles. The molecule has 0 spiro atoms. The Bertz CT molecular complexity index is 922. The number of nitrogens with one attached hydrogen (secondary N) is 1. The summed E-state index contributed by atoms with van der Waals surface area (Å²) in [5, 5.41) is 13.2. The number of thiophene rings is 1. The van der Waals surface area contributed by atoms with Crippen LogP contribution in [0, 0.1) is 18.3 Å². The van der Waals surface area contributed by atoms with E-state index in [0.717, 1.165) is 11.3 Å². The molecule has 0 saturated heterocycles. The number of nitrogens with two attached hydrogens (primary N) is 1. The number of nitriles is 1. The van der Waals surface area contributed by atoms with Gasteiger partial charge in [0.05, 0.1) is 5.69 Å². The molecule has 0 fully saturated rings. The molecule has 0 bridgehead atoms. The Morgan fingerprint density at radius 1 is 1.12 bits per heavy atom. The highest BCUT2D eigenvalue weighted by Gasteiger charge is 2.22. The molecule has 0 unspecified atom stereocenters. The summed E-state index contributed by atoms with van der Waals surface area (Å²) in [4.78, 5) is 13.0. The molecule has 0 amide bonds. The average molecular weight is 333 g/mol. The van der Waals surface area contributed by atoms with Crippen LogP contribution in [-0.4, -0.2) is 5.78 Å². The largest absolute Gasteiger partial charge is 0.396 e. The normalized spacial score (nSPS) is 10.2. The molecule has 5 heteroatoms. The molecule has 0 radical (unpaired) electrons. The van der Waals surface area contributed by atoms with Gasteiger partial charge < -0.3 is 11.1 Å². The molecule has 1 heterocycles. The zero-order valence-electron chi connectivity index (χ0n) is 13.0. The lowest BCUT2D eigenvalue weighted by Crippen LogP contribution is -2.02. The maximum absolute atomic E-state index is 12.6. The van der Waals surface area contributed by atoms with Crippen LogP contribution in [0.25, 0.3) is 0 Å². The van der Waals surface area contributed by atoms with Gasteiger partial charge in [-0.3, -0.25) is 4.79 Å². The number of nitrogen functional groups attached to an aromatic ring is 1. The molecular weight excluding hydrogens is 318 g/mol. The van der Waals surface area contributed by atoms with Crippen molar-refractivity contribution in [2.45, 2.75) is 6.92 Å². The minimum atomic E-state index is -0.174. The molecule has 0 saturated carbocycles. The number of rotatable bonds is 4. The highest BCUT2D eigenvalue weighted by Crippen LogP contribution is 2.38. The standard InChI is InChI=1S/C19H15N3OS/c1-12-7-9-14(10-8-12)22-19-15(11-20)16(21)18(24-19)17(23)13-5-3-2-4-6-13/h2-10,22H,21H2,1H3. The number of benzene rings is 2. The van der Waals surface area contributed by atoms with Crippen LogP contribution in [0.15, 0.2) is 54.6 Å². The first kappa shape index (κ1) is 15.8. The summed E-state index contributed by atoms with van der Waals surface area (Å²) in [6.45, 7) is 2.00. The van der Waals surface area contributed by atoms with Gasteiger partial charge in [-0.2, -0.15) is 5.26 Å². The number of hydrogen-bond acceptors (Lipinski definition) is 5. The third-order valence-electron chi connectivity index (χ3n) is 3.61. The van der Waals surface area contributed by atoms with Crippen LogP contribution in [0.3, 0.4) is 0 Å². The lowest BCUT2D eigenvalue weighted by molar-refractivity contribution is 0.104. The van der Waals surface area contributed by atoms with Gasteiger partial charge in [0.25, 0.3) is 0 Å². The number of aryl methyl sites for hydroxylation is 1. The Labute approximate surface area is 144 Å². The van der Waals surface area contributed by atoms with Crippen molar-refractivity contribution in [3.05, 3.63) is 76.2 Å². The number of hydrogen-bond donors (Lipinski definition) is 2. The molecule has 4 nitrogen and oxygen atoms in total. The van der Waals surface area contributed by atoms with Crippen LogP contribution < -0.4 is 11.1 Å². The van der Waals surface area contributed by atoms with Gasteiger partial charge in [-0.15, -0.1) is 11.3 Å². The predicted molar refractivity (Wildman–Crippen MR) is 97.8 cm³/mol. The van der Waals surface area contributed by atoms with Crippen molar-refractivity contribution in [3.63, 3.8) is 0 Å². The molecule has 0 aliphatic carbocycles. The maximum atomic E-state index is 12.6. The number of nitrogens with zero attached hydrogens (tertiary/aromatic N) is 1. The van der Waals surface area contributed by atoms with Crippen LogP contribution in [0.5, 0.6) is 0 Å². The Balaban J connectivity index is 1.98. The van der Waals surface area contributed by atoms with Crippen LogP contribution in [0.2, 0.25) is 0 Å². The first-order chi connectivity index (χ1) is 11.6. The summed E-state index contributed by atoms with van der Waals surface area (Å²) in [6.07, 6.45) is 0. The van der Waals surface area contributed by atoms with Crippen LogP contribution in [0.4, 0.5) is 16.4 Å². The fourth-order valence-electron chi connectivity index (χ4n) is 2.30. The van der Waals surface area contributed by atoms with Gasteiger partial charge in [0, 0.05) is 11.3 Å². The molecule has 24 heavy (non-hydrogen) atoms. The quantitative estimate of drug-likeness (QED) is 0.690. The Kier molecular flexibility index (Phi) is 4.32. The van der Waals surface area contributed by atoms with Gasteiger partial charge in [-0.05, 0) is 19.1 Å². The van der Waals surface area contributed by atoms with Gasteiger partial charge in [-0.25, -0.2) is 0 Å². The molecule has 0 aliphatic rings. The fourth-order valence-corrected chi connectivity index (χ4v) is 3.35. The minimum Gasteiger partial charge on any atom is -0.396 e. The second kappa shape index (κ2) is 6.57. The zero-order chi connectivity index (χ0) is 17.1. The van der Waals surface area contributed by atoms with Gasteiger partial charge in [0.15, 0.2) is 0 Å². The second-order valence-electron chi connectivity index (χ2n) is 5.35. The molecule has 0 aliphatic heterocycles. The van der Waals surface area contributed by atoms with E-state index in [-0.39, 0.29) is 11.5 Å². The van der Waals surface area contributed by atoms with E-state index in [2.05, 4.69) is 11.4 Å². The van der Waals surface area contributed by atoms with Crippen molar-refractivity contribution in [1.29, 1.82) is 5.26 Å². The summed E-state index contributed by atoms with van der Waals surface area (Å²) in [6, 6.07) is 18.8. The lowest BCUT2D eigenvalue weighted by atomic mass is 10.1. The Hall–Kier alpha value is -3.10. The average Bonchev–Trinajstić information content (AvgIpc) is 2.92. The summed E-state index contributed by atoms with van der Waals surface area (Å²) >= 11 is 1.20. The van der Waals surface area contributed by atoms with E-state index in [0.29, 0.717) is 21.0 Å². The predicted octanol–water partition coefficient (Wildman–Crippen LogP) is 4.49. The topological polar surface area (TPSA) is 78.9 Å². The van der Waals surface area contributed by atoms with E-state index < -0.39 is 0 Å². The van der Waals surface area contributed by atoms with Gasteiger partial charge in [0.1, 0.15) is 21.5 Å². The van der Waals surface area contributed by atoms with Crippen molar-refractivity contribution in [3.8, 4) is 6.07 Å². The van der Waals surface area contributed by atoms with Crippen molar-refractivity contribution in [2.24, 2.45) is 0 Å². The SMILES string of the molecule is Cc1ccc(Nc2sc(C(=O)c3ccccc3)c(N)c2C#N)cc1. The van der Waals surface area contributed by atoms with Crippen LogP contribution in [-0.2, 0) is 0 Å². The van der Waals surface area contributed by atoms with E-state index in [9.17, 15) is 10.1 Å². The van der Waals surface area contributed by atoms with E-state index in [4.69, 9.17) is 5.73 Å². The first-order valence-corrected chi connectivity index (χ1v) is 8.17. The first-order valence-electron chi connectivity index (χ1n) is 7.36. The molecule has 3 aromatic rings. The minimum absolute atomic E-state index is 0.174. The number of ketones is 1. The number of carbonyl (C=O) groups excluding carboxylic acids is 1.